The molecule has 0 atom stereocenters. The topological polar surface area (TPSA) is 47.7 Å². The molecule has 18 heavy (non-hydrogen) atoms. The highest BCUT2D eigenvalue weighted by Crippen LogP contribution is 2.12. The molecule has 2 heterocycles. The molecular formula is C13H21N5. The Bertz CT molecular complexity index is 509. The molecule has 0 unspecified atom stereocenters. The minimum absolute atomic E-state index is 0.414. The van der Waals surface area contributed by atoms with Gasteiger partial charge in [0.05, 0.1) is 12.4 Å². The van der Waals surface area contributed by atoms with Gasteiger partial charge >= 0.3 is 0 Å². The molecular weight excluding hydrogens is 226 g/mol. The molecule has 0 radical (unpaired) electrons. The highest BCUT2D eigenvalue weighted by Gasteiger charge is 2.08. The zero-order chi connectivity index (χ0) is 13.1. The van der Waals surface area contributed by atoms with Gasteiger partial charge in [0.2, 0.25) is 0 Å². The van der Waals surface area contributed by atoms with E-state index < -0.39 is 0 Å². The minimum Gasteiger partial charge on any atom is -0.308 e. The fraction of sp³-hybridized carbons (Fsp3) is 0.538. The second-order valence-electron chi connectivity index (χ2n) is 4.92. The summed E-state index contributed by atoms with van der Waals surface area (Å²) in [6.45, 7) is 8.08. The standard InChI is InChI=1S/C13H21N5/c1-10(2)18-11(3)13(8-16-18)7-14-5-12-6-15-17(4)9-12/h6,8-10,14H,5,7H2,1-4H3. The molecule has 0 aromatic carbocycles. The normalized spacial score (nSPS) is 11.4. The van der Waals surface area contributed by atoms with Crippen LogP contribution in [0.3, 0.4) is 0 Å². The lowest BCUT2D eigenvalue weighted by Gasteiger charge is -2.09. The summed E-state index contributed by atoms with van der Waals surface area (Å²) in [4.78, 5) is 0. The number of nitrogens with zero attached hydrogens (tertiary/aromatic N) is 4. The van der Waals surface area contributed by atoms with Crippen molar-refractivity contribution in [1.82, 2.24) is 24.9 Å². The van der Waals surface area contributed by atoms with Crippen molar-refractivity contribution >= 4 is 0 Å². The molecule has 0 amide bonds. The maximum Gasteiger partial charge on any atom is 0.0537 e. The molecule has 0 spiro atoms. The first-order valence-electron chi connectivity index (χ1n) is 6.29. The number of rotatable bonds is 5. The lowest BCUT2D eigenvalue weighted by molar-refractivity contribution is 0.517. The van der Waals surface area contributed by atoms with E-state index in [2.05, 4.69) is 41.0 Å². The summed E-state index contributed by atoms with van der Waals surface area (Å²) in [6, 6.07) is 0.414. The van der Waals surface area contributed by atoms with Crippen molar-refractivity contribution in [2.75, 3.05) is 0 Å². The largest absolute Gasteiger partial charge is 0.308 e. The maximum absolute atomic E-state index is 4.41. The van der Waals surface area contributed by atoms with Gasteiger partial charge in [0.1, 0.15) is 0 Å². The van der Waals surface area contributed by atoms with Crippen molar-refractivity contribution in [3.05, 3.63) is 35.4 Å². The minimum atomic E-state index is 0.414. The van der Waals surface area contributed by atoms with Gasteiger partial charge < -0.3 is 5.32 Å². The van der Waals surface area contributed by atoms with E-state index >= 15 is 0 Å². The van der Waals surface area contributed by atoms with Gasteiger partial charge in [-0.2, -0.15) is 10.2 Å². The van der Waals surface area contributed by atoms with Crippen LogP contribution in [0.1, 0.15) is 36.7 Å². The molecule has 0 aliphatic carbocycles. The quantitative estimate of drug-likeness (QED) is 0.876. The Labute approximate surface area is 108 Å². The molecule has 0 saturated heterocycles. The fourth-order valence-corrected chi connectivity index (χ4v) is 2.06. The van der Waals surface area contributed by atoms with E-state index in [1.807, 2.05) is 30.3 Å². The van der Waals surface area contributed by atoms with Gasteiger partial charge in [-0.15, -0.1) is 0 Å². The molecule has 0 fully saturated rings. The number of hydrogen-bond donors (Lipinski definition) is 1. The molecule has 1 N–H and O–H groups in total. The summed E-state index contributed by atoms with van der Waals surface area (Å²) in [6.07, 6.45) is 5.86. The van der Waals surface area contributed by atoms with Crippen molar-refractivity contribution in [3.63, 3.8) is 0 Å². The zero-order valence-electron chi connectivity index (χ0n) is 11.5. The summed E-state index contributed by atoms with van der Waals surface area (Å²) in [5.74, 6) is 0. The first-order chi connectivity index (χ1) is 8.58. The van der Waals surface area contributed by atoms with E-state index in [1.54, 1.807) is 0 Å². The van der Waals surface area contributed by atoms with Gasteiger partial charge in [0, 0.05) is 49.2 Å². The van der Waals surface area contributed by atoms with Gasteiger partial charge in [0.15, 0.2) is 0 Å². The van der Waals surface area contributed by atoms with E-state index in [4.69, 9.17) is 0 Å². The van der Waals surface area contributed by atoms with Crippen LogP contribution in [0.5, 0.6) is 0 Å². The highest BCUT2D eigenvalue weighted by atomic mass is 15.3. The van der Waals surface area contributed by atoms with Crippen molar-refractivity contribution in [2.24, 2.45) is 7.05 Å². The van der Waals surface area contributed by atoms with Crippen molar-refractivity contribution in [2.45, 2.75) is 39.9 Å². The Balaban J connectivity index is 1.90. The second kappa shape index (κ2) is 5.35. The van der Waals surface area contributed by atoms with Gasteiger partial charge in [-0.05, 0) is 20.8 Å². The van der Waals surface area contributed by atoms with E-state index in [9.17, 15) is 0 Å². The first-order valence-corrected chi connectivity index (χ1v) is 6.29. The predicted octanol–water partition coefficient (Wildman–Crippen LogP) is 1.80. The van der Waals surface area contributed by atoms with Gasteiger partial charge in [0.25, 0.3) is 0 Å². The lowest BCUT2D eigenvalue weighted by Crippen LogP contribution is -2.13. The molecule has 0 saturated carbocycles. The Morgan fingerprint density at radius 2 is 2.00 bits per heavy atom. The third kappa shape index (κ3) is 2.79. The van der Waals surface area contributed by atoms with Gasteiger partial charge in [-0.1, -0.05) is 0 Å². The number of aromatic nitrogens is 4. The SMILES string of the molecule is Cc1c(CNCc2cnn(C)c2)cnn1C(C)C. The van der Waals surface area contributed by atoms with Crippen LogP contribution in [0.25, 0.3) is 0 Å². The Morgan fingerprint density at radius 3 is 2.56 bits per heavy atom. The number of hydrogen-bond acceptors (Lipinski definition) is 3. The van der Waals surface area contributed by atoms with Gasteiger partial charge in [-0.25, -0.2) is 0 Å². The summed E-state index contributed by atoms with van der Waals surface area (Å²) in [5, 5.41) is 12.0. The van der Waals surface area contributed by atoms with Crippen LogP contribution in [0.4, 0.5) is 0 Å². The van der Waals surface area contributed by atoms with Crippen LogP contribution in [0, 0.1) is 6.92 Å². The molecule has 2 aromatic heterocycles. The third-order valence-corrected chi connectivity index (χ3v) is 3.04. The average molecular weight is 247 g/mol. The van der Waals surface area contributed by atoms with Crippen molar-refractivity contribution < 1.29 is 0 Å². The average Bonchev–Trinajstić information content (AvgIpc) is 2.87. The second-order valence-corrected chi connectivity index (χ2v) is 4.92. The summed E-state index contributed by atoms with van der Waals surface area (Å²) in [7, 11) is 1.93. The Kier molecular flexibility index (Phi) is 3.81. The van der Waals surface area contributed by atoms with Crippen LogP contribution in [-0.4, -0.2) is 19.6 Å². The van der Waals surface area contributed by atoms with Crippen molar-refractivity contribution in [1.29, 1.82) is 0 Å². The summed E-state index contributed by atoms with van der Waals surface area (Å²) < 4.78 is 3.88. The van der Waals surface area contributed by atoms with E-state index in [0.717, 1.165) is 13.1 Å². The third-order valence-electron chi connectivity index (χ3n) is 3.04. The Morgan fingerprint density at radius 1 is 1.22 bits per heavy atom. The monoisotopic (exact) mass is 247 g/mol. The van der Waals surface area contributed by atoms with Crippen LogP contribution in [0.2, 0.25) is 0 Å². The fourth-order valence-electron chi connectivity index (χ4n) is 2.06. The van der Waals surface area contributed by atoms with Crippen LogP contribution < -0.4 is 5.32 Å². The van der Waals surface area contributed by atoms with Crippen LogP contribution >= 0.6 is 0 Å². The maximum atomic E-state index is 4.41. The summed E-state index contributed by atoms with van der Waals surface area (Å²) in [5.41, 5.74) is 3.70. The molecule has 2 aromatic rings. The molecule has 2 rings (SSSR count). The van der Waals surface area contributed by atoms with E-state index in [1.165, 1.54) is 16.8 Å². The summed E-state index contributed by atoms with van der Waals surface area (Å²) >= 11 is 0. The predicted molar refractivity (Wildman–Crippen MR) is 71.1 cm³/mol. The zero-order valence-corrected chi connectivity index (χ0v) is 11.5. The highest BCUT2D eigenvalue weighted by molar-refractivity contribution is 5.16. The molecule has 5 nitrogen and oxygen atoms in total. The molecule has 98 valence electrons. The first kappa shape index (κ1) is 12.8. The van der Waals surface area contributed by atoms with Crippen molar-refractivity contribution in [3.8, 4) is 0 Å². The number of aryl methyl sites for hydroxylation is 1. The van der Waals surface area contributed by atoms with Gasteiger partial charge in [-0.3, -0.25) is 9.36 Å². The molecule has 0 aliphatic heterocycles. The number of nitrogens with one attached hydrogen (secondary N) is 1. The van der Waals surface area contributed by atoms with E-state index in [0.29, 0.717) is 6.04 Å². The lowest BCUT2D eigenvalue weighted by atomic mass is 10.2. The van der Waals surface area contributed by atoms with E-state index in [-0.39, 0.29) is 0 Å². The molecule has 5 heteroatoms. The van der Waals surface area contributed by atoms with Crippen LogP contribution in [-0.2, 0) is 20.1 Å². The smallest absolute Gasteiger partial charge is 0.0537 e. The Hall–Kier alpha value is -1.62. The molecule has 0 aliphatic rings. The molecule has 0 bridgehead atoms. The van der Waals surface area contributed by atoms with Crippen LogP contribution in [0.15, 0.2) is 18.6 Å².